The van der Waals surface area contributed by atoms with Gasteiger partial charge in [0.1, 0.15) is 23.2 Å². The first kappa shape index (κ1) is 41.9. The van der Waals surface area contributed by atoms with Crippen molar-refractivity contribution < 1.29 is 18.8 Å². The fourth-order valence-corrected chi connectivity index (χ4v) is 8.99. The lowest BCUT2D eigenvalue weighted by Gasteiger charge is -2.40. The van der Waals surface area contributed by atoms with Gasteiger partial charge in [-0.05, 0) is 92.0 Å². The number of rotatable bonds is 9. The van der Waals surface area contributed by atoms with Crippen molar-refractivity contribution in [3.8, 4) is 23.1 Å². The number of morpholine rings is 1. The normalized spacial score (nSPS) is 16.1. The van der Waals surface area contributed by atoms with Crippen LogP contribution in [0.1, 0.15) is 69.8 Å². The zero-order valence-electron chi connectivity index (χ0n) is 35.6. The van der Waals surface area contributed by atoms with Crippen molar-refractivity contribution in [2.24, 2.45) is 14.1 Å². The number of carbonyl (C=O) groups excluding carboxylic acids is 2. The number of nitriles is 1. The maximum Gasteiger partial charge on any atom is 0.273 e. The van der Waals surface area contributed by atoms with Gasteiger partial charge in [0.05, 0.1) is 35.2 Å². The van der Waals surface area contributed by atoms with Crippen LogP contribution in [0.3, 0.4) is 0 Å². The minimum absolute atomic E-state index is 0.0118. The number of carbonyl (C=O) groups is 2. The molecule has 2 aliphatic rings. The average Bonchev–Trinajstić information content (AvgIpc) is 3.67. The summed E-state index contributed by atoms with van der Waals surface area (Å²) in [4.78, 5) is 40.7. The number of pyridine rings is 1. The second-order valence-corrected chi connectivity index (χ2v) is 22.4. The second kappa shape index (κ2) is 16.5. The number of aromatic nitrogens is 3. The molecule has 0 radical (unpaired) electrons. The van der Waals surface area contributed by atoms with Gasteiger partial charge in [0.25, 0.3) is 11.8 Å². The zero-order chi connectivity index (χ0) is 42.4. The molecule has 1 atom stereocenters. The van der Waals surface area contributed by atoms with E-state index in [1.54, 1.807) is 21.6 Å². The van der Waals surface area contributed by atoms with E-state index in [2.05, 4.69) is 63.0 Å². The number of anilines is 2. The quantitative estimate of drug-likeness (QED) is 0.137. The van der Waals surface area contributed by atoms with Gasteiger partial charge in [0.2, 0.25) is 8.32 Å². The van der Waals surface area contributed by atoms with Gasteiger partial charge in [0, 0.05) is 75.2 Å². The fraction of sp³-hybridized carbons (Fsp3) is 0.391. The van der Waals surface area contributed by atoms with Crippen LogP contribution < -0.4 is 9.33 Å². The highest BCUT2D eigenvalue weighted by molar-refractivity contribution is 6.74. The lowest BCUT2D eigenvalue weighted by atomic mass is 9.92. The van der Waals surface area contributed by atoms with Crippen molar-refractivity contribution >= 4 is 43.1 Å². The summed E-state index contributed by atoms with van der Waals surface area (Å²) in [5.74, 6) is 0.256. The van der Waals surface area contributed by atoms with Gasteiger partial charge in [-0.15, -0.1) is 0 Å². The Balaban J connectivity index is 1.28. The van der Waals surface area contributed by atoms with E-state index in [-0.39, 0.29) is 28.6 Å². The van der Waals surface area contributed by atoms with Crippen LogP contribution in [0.5, 0.6) is 5.75 Å². The minimum atomic E-state index is -2.12. The van der Waals surface area contributed by atoms with Crippen LogP contribution in [0.4, 0.5) is 11.4 Å². The van der Waals surface area contributed by atoms with E-state index >= 15 is 4.79 Å². The number of fused-ring (bicyclic) bond motifs is 1. The third-order valence-corrected chi connectivity index (χ3v) is 17.2. The average molecular weight is 833 g/mol. The molecule has 308 valence electrons. The Hall–Kier alpha value is -5.19. The smallest absolute Gasteiger partial charge is 0.273 e. The van der Waals surface area contributed by atoms with Crippen LogP contribution in [-0.4, -0.2) is 82.9 Å². The number of benzene rings is 2. The molecule has 3 aromatic heterocycles. The molecule has 0 spiro atoms. The molecule has 0 unspecified atom stereocenters. The Labute approximate surface area is 353 Å². The topological polar surface area (TPSA) is 109 Å². The van der Waals surface area contributed by atoms with Crippen LogP contribution in [0.15, 0.2) is 72.9 Å². The van der Waals surface area contributed by atoms with Gasteiger partial charge in [-0.2, -0.15) is 5.26 Å². The molecular weight excluding hydrogens is 778 g/mol. The largest absolute Gasteiger partial charge is 0.544 e. The van der Waals surface area contributed by atoms with Crippen LogP contribution in [0.2, 0.25) is 23.2 Å². The monoisotopic (exact) mass is 831 g/mol. The van der Waals surface area contributed by atoms with E-state index in [4.69, 9.17) is 25.7 Å². The maximum atomic E-state index is 15.1. The molecule has 5 aromatic rings. The number of hydrogen-bond acceptors (Lipinski definition) is 7. The summed E-state index contributed by atoms with van der Waals surface area (Å²) < 4.78 is 15.9. The molecular formula is C46H54ClN7O4Si. The van der Waals surface area contributed by atoms with Gasteiger partial charge >= 0.3 is 0 Å². The van der Waals surface area contributed by atoms with Gasteiger partial charge in [-0.3, -0.25) is 19.4 Å². The molecule has 5 heterocycles. The Morgan fingerprint density at radius 2 is 1.66 bits per heavy atom. The van der Waals surface area contributed by atoms with E-state index in [1.165, 1.54) is 11.8 Å². The van der Waals surface area contributed by atoms with Crippen molar-refractivity contribution in [2.75, 3.05) is 37.7 Å². The summed E-state index contributed by atoms with van der Waals surface area (Å²) in [5, 5.41) is 10.4. The predicted octanol–water partition coefficient (Wildman–Crippen LogP) is 8.83. The second-order valence-electron chi connectivity index (χ2n) is 17.3. The summed E-state index contributed by atoms with van der Waals surface area (Å²) in [7, 11) is 1.58. The number of amides is 2. The number of hydrogen-bond donors (Lipinski definition) is 0. The van der Waals surface area contributed by atoms with E-state index in [9.17, 15) is 10.1 Å². The molecule has 1 saturated heterocycles. The standard InChI is InChI=1S/C46H54ClN7O4Si/c1-30-39(44(55)54(41-24-36(26-48)50(6)31(41)2)35-14-16-38(17-15-35)58-59(8,9)46(3,4)5)25-42(51(30)7)40-23-34(47)27-49-43(40)45(56)53-28-33-13-11-10-12-32(33)22-37(53)29-52-18-20-57-21-19-52/h10-17,23-25,27,37H,18-22,28-29H2,1-9H3/t37-/m0/s1. The number of halogens is 1. The van der Waals surface area contributed by atoms with Crippen LogP contribution in [-0.2, 0) is 31.8 Å². The highest BCUT2D eigenvalue weighted by Gasteiger charge is 2.39. The van der Waals surface area contributed by atoms with E-state index < -0.39 is 8.32 Å². The molecule has 2 aromatic carbocycles. The van der Waals surface area contributed by atoms with Crippen molar-refractivity contribution in [1.82, 2.24) is 23.9 Å². The molecule has 1 fully saturated rings. The molecule has 0 bridgehead atoms. The summed E-state index contributed by atoms with van der Waals surface area (Å²) in [6, 6.07) is 23.4. The Kier molecular flexibility index (Phi) is 11.7. The van der Waals surface area contributed by atoms with Crippen LogP contribution in [0.25, 0.3) is 11.3 Å². The summed E-state index contributed by atoms with van der Waals surface area (Å²) in [6.07, 6.45) is 2.25. The van der Waals surface area contributed by atoms with Gasteiger partial charge in [-0.25, -0.2) is 4.98 Å². The van der Waals surface area contributed by atoms with Crippen LogP contribution in [0, 0.1) is 25.2 Å². The van der Waals surface area contributed by atoms with Gasteiger partial charge in [0.15, 0.2) is 0 Å². The predicted molar refractivity (Wildman–Crippen MR) is 235 cm³/mol. The molecule has 2 amide bonds. The summed E-state index contributed by atoms with van der Waals surface area (Å²) in [6.45, 7) is 18.9. The highest BCUT2D eigenvalue weighted by atomic mass is 35.5. The van der Waals surface area contributed by atoms with E-state index in [0.717, 1.165) is 43.1 Å². The molecule has 59 heavy (non-hydrogen) atoms. The third-order valence-electron chi connectivity index (χ3n) is 12.6. The van der Waals surface area contributed by atoms with Crippen molar-refractivity contribution in [1.29, 1.82) is 5.26 Å². The minimum Gasteiger partial charge on any atom is -0.544 e. The lowest BCUT2D eigenvalue weighted by molar-refractivity contribution is 0.0191. The molecule has 2 aliphatic heterocycles. The first-order valence-corrected chi connectivity index (χ1v) is 23.5. The van der Waals surface area contributed by atoms with E-state index in [0.29, 0.717) is 64.4 Å². The highest BCUT2D eigenvalue weighted by Crippen LogP contribution is 2.40. The van der Waals surface area contributed by atoms with Crippen molar-refractivity contribution in [2.45, 2.75) is 71.8 Å². The Morgan fingerprint density at radius 3 is 2.31 bits per heavy atom. The third kappa shape index (κ3) is 8.22. The van der Waals surface area contributed by atoms with E-state index in [1.807, 2.05) is 73.8 Å². The SMILES string of the molecule is Cc1c(N(C(=O)c2cc(-c3cc(Cl)cnc3C(=O)N3Cc4ccccc4C[C@H]3CN3CCOCC3)n(C)c2C)c2ccc(O[Si](C)(C)C(C)(C)C)cc2)cc(C#N)n1C. The van der Waals surface area contributed by atoms with Gasteiger partial charge < -0.3 is 23.2 Å². The van der Waals surface area contributed by atoms with Crippen molar-refractivity contribution in [3.05, 3.63) is 117 Å². The first-order chi connectivity index (χ1) is 28.0. The molecule has 11 nitrogen and oxygen atoms in total. The van der Waals surface area contributed by atoms with Crippen molar-refractivity contribution in [3.63, 3.8) is 0 Å². The summed E-state index contributed by atoms with van der Waals surface area (Å²) >= 11 is 6.65. The molecule has 13 heteroatoms. The molecule has 0 aliphatic carbocycles. The van der Waals surface area contributed by atoms with Crippen LogP contribution >= 0.6 is 11.6 Å². The first-order valence-electron chi connectivity index (χ1n) is 20.2. The van der Waals surface area contributed by atoms with Gasteiger partial charge in [-0.1, -0.05) is 56.6 Å². The summed E-state index contributed by atoms with van der Waals surface area (Å²) in [5.41, 5.74) is 7.33. The zero-order valence-corrected chi connectivity index (χ0v) is 37.4. The number of ether oxygens (including phenoxy) is 1. The maximum absolute atomic E-state index is 15.1. The molecule has 0 N–H and O–H groups in total. The lowest BCUT2D eigenvalue weighted by Crippen LogP contribution is -2.52. The Morgan fingerprint density at radius 1 is 0.983 bits per heavy atom. The number of nitrogens with zero attached hydrogens (tertiary/aromatic N) is 7. The molecule has 0 saturated carbocycles. The molecule has 7 rings (SSSR count). The Bertz CT molecular complexity index is 2440. The fourth-order valence-electron chi connectivity index (χ4n) is 7.80.